The number of nitrogens with one attached hydrogen (secondary N) is 1. The van der Waals surface area contributed by atoms with Gasteiger partial charge in [-0.2, -0.15) is 0 Å². The topological polar surface area (TPSA) is 99.6 Å². The van der Waals surface area contributed by atoms with Gasteiger partial charge in [0.2, 0.25) is 0 Å². The van der Waals surface area contributed by atoms with E-state index in [1.807, 2.05) is 0 Å². The van der Waals surface area contributed by atoms with Crippen molar-refractivity contribution in [1.29, 1.82) is 0 Å². The second kappa shape index (κ2) is 4.26. The van der Waals surface area contributed by atoms with Gasteiger partial charge < -0.3 is 19.9 Å². The molecule has 88 valence electrons. The number of aliphatic hydroxyl groups excluding tert-OH is 1. The molecule has 0 radical (unpaired) electrons. The van der Waals surface area contributed by atoms with Crippen LogP contribution in [0.25, 0.3) is 10.9 Å². The third-order valence-electron chi connectivity index (χ3n) is 2.27. The summed E-state index contributed by atoms with van der Waals surface area (Å²) < 4.78 is 4.89. The van der Waals surface area contributed by atoms with E-state index in [1.54, 1.807) is 12.1 Å². The maximum Gasteiger partial charge on any atom is 0.352 e. The maximum absolute atomic E-state index is 11.8. The number of pyridine rings is 1. The Morgan fingerprint density at radius 3 is 2.82 bits per heavy atom. The van der Waals surface area contributed by atoms with E-state index in [2.05, 4.69) is 4.98 Å². The highest BCUT2D eigenvalue weighted by molar-refractivity contribution is 5.91. The van der Waals surface area contributed by atoms with Gasteiger partial charge in [-0.1, -0.05) is 6.07 Å². The number of aliphatic hydroxyl groups is 1. The number of H-pyrrole nitrogens is 1. The number of hydrogen-bond donors (Lipinski definition) is 3. The molecule has 6 heteroatoms. The number of fused-ring (bicyclic) bond motifs is 1. The minimum absolute atomic E-state index is 0.191. The summed E-state index contributed by atoms with van der Waals surface area (Å²) in [5, 5.41) is 17.7. The Hall–Kier alpha value is -2.34. The zero-order chi connectivity index (χ0) is 12.4. The van der Waals surface area contributed by atoms with Crippen molar-refractivity contribution < 1.29 is 19.7 Å². The Morgan fingerprint density at radius 1 is 1.41 bits per heavy atom. The predicted molar refractivity (Wildman–Crippen MR) is 59.2 cm³/mol. The van der Waals surface area contributed by atoms with Crippen LogP contribution in [0.3, 0.4) is 0 Å². The lowest BCUT2D eigenvalue weighted by Gasteiger charge is -2.06. The summed E-state index contributed by atoms with van der Waals surface area (Å²) in [6.07, 6.45) is 0. The molecule has 1 aromatic heterocycles. The van der Waals surface area contributed by atoms with Gasteiger partial charge in [0.1, 0.15) is 11.4 Å². The number of carboxylic acid groups (broad SMARTS) is 1. The molecule has 0 fully saturated rings. The molecule has 0 atom stereocenters. The van der Waals surface area contributed by atoms with Crippen LogP contribution in [0.2, 0.25) is 0 Å². The highest BCUT2D eigenvalue weighted by Gasteiger charge is 2.11. The molecule has 0 bridgehead atoms. The number of carboxylic acids is 1. The van der Waals surface area contributed by atoms with Gasteiger partial charge in [0.25, 0.3) is 0 Å². The minimum atomic E-state index is -1.21. The number of aromatic nitrogens is 1. The second-order valence-corrected chi connectivity index (χ2v) is 3.30. The number of benzene rings is 1. The average molecular weight is 235 g/mol. The number of rotatable bonds is 3. The van der Waals surface area contributed by atoms with Gasteiger partial charge in [0, 0.05) is 6.07 Å². The van der Waals surface area contributed by atoms with Gasteiger partial charge in [-0.05, 0) is 12.1 Å². The van der Waals surface area contributed by atoms with E-state index >= 15 is 0 Å². The summed E-state index contributed by atoms with van der Waals surface area (Å²) in [4.78, 5) is 25.1. The van der Waals surface area contributed by atoms with Gasteiger partial charge in [0.05, 0.1) is 10.9 Å². The van der Waals surface area contributed by atoms with Crippen LogP contribution in [-0.4, -0.2) is 28.0 Å². The predicted octanol–water partition coefficient (Wildman–Crippen LogP) is 0.555. The first-order valence-corrected chi connectivity index (χ1v) is 4.76. The van der Waals surface area contributed by atoms with Gasteiger partial charge in [-0.3, -0.25) is 4.79 Å². The SMILES string of the molecule is O=C(O)c1cc(=O)c2c(OCO)cccc2[nH]1. The van der Waals surface area contributed by atoms with E-state index in [4.69, 9.17) is 14.9 Å². The molecular formula is C11H9NO5. The van der Waals surface area contributed by atoms with E-state index in [0.29, 0.717) is 5.52 Å². The van der Waals surface area contributed by atoms with Crippen molar-refractivity contribution in [3.63, 3.8) is 0 Å². The van der Waals surface area contributed by atoms with Gasteiger partial charge in [0.15, 0.2) is 12.2 Å². The molecule has 17 heavy (non-hydrogen) atoms. The van der Waals surface area contributed by atoms with Gasteiger partial charge in [-0.25, -0.2) is 4.79 Å². The highest BCUT2D eigenvalue weighted by Crippen LogP contribution is 2.21. The average Bonchev–Trinajstić information content (AvgIpc) is 2.29. The molecule has 2 rings (SSSR count). The smallest absolute Gasteiger partial charge is 0.352 e. The van der Waals surface area contributed by atoms with Crippen molar-refractivity contribution in [2.75, 3.05) is 6.79 Å². The van der Waals surface area contributed by atoms with E-state index in [1.165, 1.54) is 6.07 Å². The van der Waals surface area contributed by atoms with Gasteiger partial charge >= 0.3 is 5.97 Å². The lowest BCUT2D eigenvalue weighted by Crippen LogP contribution is -2.11. The van der Waals surface area contributed by atoms with E-state index in [9.17, 15) is 9.59 Å². The zero-order valence-electron chi connectivity index (χ0n) is 8.64. The molecule has 0 aliphatic heterocycles. The monoisotopic (exact) mass is 235 g/mol. The Balaban J connectivity index is 2.76. The molecule has 0 amide bonds. The number of ether oxygens (including phenoxy) is 1. The van der Waals surface area contributed by atoms with Crippen molar-refractivity contribution in [2.45, 2.75) is 0 Å². The quantitative estimate of drug-likeness (QED) is 0.675. The number of aromatic carboxylic acids is 1. The van der Waals surface area contributed by atoms with Crippen LogP contribution in [0.15, 0.2) is 29.1 Å². The maximum atomic E-state index is 11.8. The Kier molecular flexibility index (Phi) is 2.80. The van der Waals surface area contributed by atoms with Gasteiger partial charge in [-0.15, -0.1) is 0 Å². The van der Waals surface area contributed by atoms with Crippen molar-refractivity contribution in [1.82, 2.24) is 4.98 Å². The Labute approximate surface area is 95.1 Å². The fraction of sp³-hybridized carbons (Fsp3) is 0.0909. The highest BCUT2D eigenvalue weighted by atomic mass is 16.6. The van der Waals surface area contributed by atoms with Crippen LogP contribution in [0.1, 0.15) is 10.5 Å². The first-order valence-electron chi connectivity index (χ1n) is 4.76. The number of aromatic amines is 1. The molecule has 0 spiro atoms. The van der Waals surface area contributed by atoms with Crippen LogP contribution in [-0.2, 0) is 0 Å². The summed E-state index contributed by atoms with van der Waals surface area (Å²) in [7, 11) is 0. The minimum Gasteiger partial charge on any atom is -0.477 e. The van der Waals surface area contributed by atoms with Crippen molar-refractivity contribution >= 4 is 16.9 Å². The molecule has 0 unspecified atom stereocenters. The van der Waals surface area contributed by atoms with Crippen molar-refractivity contribution in [3.05, 3.63) is 40.2 Å². The normalized spacial score (nSPS) is 10.4. The second-order valence-electron chi connectivity index (χ2n) is 3.30. The Morgan fingerprint density at radius 2 is 2.18 bits per heavy atom. The van der Waals surface area contributed by atoms with Crippen LogP contribution in [0, 0.1) is 0 Å². The summed E-state index contributed by atoms with van der Waals surface area (Å²) >= 11 is 0. The van der Waals surface area contributed by atoms with Crippen LogP contribution < -0.4 is 10.2 Å². The Bertz CT molecular complexity index is 631. The molecule has 0 saturated carbocycles. The standard InChI is InChI=1S/C11H9NO5/c13-5-17-9-3-1-2-6-10(9)8(14)4-7(12-6)11(15)16/h1-4,13H,5H2,(H,12,14)(H,15,16). The van der Waals surface area contributed by atoms with Crippen LogP contribution >= 0.6 is 0 Å². The lowest BCUT2D eigenvalue weighted by molar-refractivity contribution is 0.0690. The third kappa shape index (κ3) is 1.98. The summed E-state index contributed by atoms with van der Waals surface area (Å²) in [5.41, 5.74) is -0.315. The molecule has 0 saturated heterocycles. The molecule has 6 nitrogen and oxygen atoms in total. The van der Waals surface area contributed by atoms with Crippen molar-refractivity contribution in [2.24, 2.45) is 0 Å². The fourth-order valence-corrected chi connectivity index (χ4v) is 1.58. The summed E-state index contributed by atoms with van der Waals surface area (Å²) in [6.45, 7) is -0.556. The first-order chi connectivity index (χ1) is 8.13. The fourth-order valence-electron chi connectivity index (χ4n) is 1.58. The summed E-state index contributed by atoms with van der Waals surface area (Å²) in [5.74, 6) is -0.999. The molecule has 0 aliphatic carbocycles. The van der Waals surface area contributed by atoms with E-state index in [-0.39, 0.29) is 16.8 Å². The number of hydrogen-bond acceptors (Lipinski definition) is 4. The van der Waals surface area contributed by atoms with Crippen LogP contribution in [0.4, 0.5) is 0 Å². The molecular weight excluding hydrogens is 226 g/mol. The summed E-state index contributed by atoms with van der Waals surface area (Å²) in [6, 6.07) is 5.66. The molecule has 2 aromatic rings. The lowest BCUT2D eigenvalue weighted by atomic mass is 10.1. The molecule has 1 heterocycles. The molecule has 1 aromatic carbocycles. The zero-order valence-corrected chi connectivity index (χ0v) is 8.64. The first kappa shape index (κ1) is 11.2. The van der Waals surface area contributed by atoms with E-state index in [0.717, 1.165) is 6.07 Å². The largest absolute Gasteiger partial charge is 0.477 e. The third-order valence-corrected chi connectivity index (χ3v) is 2.27. The molecule has 3 N–H and O–H groups in total. The van der Waals surface area contributed by atoms with Crippen LogP contribution in [0.5, 0.6) is 5.75 Å². The van der Waals surface area contributed by atoms with E-state index < -0.39 is 18.2 Å². The molecule has 0 aliphatic rings. The van der Waals surface area contributed by atoms with Crippen molar-refractivity contribution in [3.8, 4) is 5.75 Å². The number of carbonyl (C=O) groups is 1.